The van der Waals surface area contributed by atoms with Gasteiger partial charge in [0.05, 0.1) is 19.3 Å². The zero-order chi connectivity index (χ0) is 12.0. The highest BCUT2D eigenvalue weighted by Crippen LogP contribution is 2.15. The normalized spacial score (nSPS) is 14.5. The zero-order valence-corrected chi connectivity index (χ0v) is 9.89. The molecule has 0 saturated heterocycles. The molecule has 0 spiro atoms. The van der Waals surface area contributed by atoms with Crippen molar-refractivity contribution in [2.45, 2.75) is 38.4 Å². The van der Waals surface area contributed by atoms with Crippen molar-refractivity contribution in [2.24, 2.45) is 0 Å². The summed E-state index contributed by atoms with van der Waals surface area (Å²) in [5.41, 5.74) is 1.11. The molecule has 3 nitrogen and oxygen atoms in total. The summed E-state index contributed by atoms with van der Waals surface area (Å²) in [5.74, 6) is 0.822. The Labute approximate surface area is 96.7 Å². The molecule has 1 rings (SSSR count). The van der Waals surface area contributed by atoms with Crippen LogP contribution in [-0.2, 0) is 6.42 Å². The third-order valence-corrected chi connectivity index (χ3v) is 2.73. The van der Waals surface area contributed by atoms with Gasteiger partial charge in [0.1, 0.15) is 5.75 Å². The van der Waals surface area contributed by atoms with Gasteiger partial charge in [0.2, 0.25) is 0 Å². The van der Waals surface area contributed by atoms with Gasteiger partial charge in [0.15, 0.2) is 0 Å². The van der Waals surface area contributed by atoms with Gasteiger partial charge in [-0.05, 0) is 37.0 Å². The average molecular weight is 224 g/mol. The van der Waals surface area contributed by atoms with E-state index in [1.807, 2.05) is 31.2 Å². The van der Waals surface area contributed by atoms with Crippen LogP contribution < -0.4 is 4.74 Å². The minimum Gasteiger partial charge on any atom is -0.497 e. The minimum absolute atomic E-state index is 0.572. The van der Waals surface area contributed by atoms with E-state index in [0.717, 1.165) is 17.7 Å². The van der Waals surface area contributed by atoms with Gasteiger partial charge in [-0.2, -0.15) is 0 Å². The molecule has 0 aliphatic carbocycles. The summed E-state index contributed by atoms with van der Waals surface area (Å²) in [5, 5.41) is 19.1. The molecule has 0 heterocycles. The van der Waals surface area contributed by atoms with E-state index in [9.17, 15) is 10.2 Å². The number of hydrogen-bond acceptors (Lipinski definition) is 3. The maximum Gasteiger partial charge on any atom is 0.119 e. The molecule has 2 N–H and O–H groups in total. The number of ether oxygens (including phenoxy) is 1. The molecule has 1 aromatic rings. The topological polar surface area (TPSA) is 49.7 Å². The lowest BCUT2D eigenvalue weighted by Gasteiger charge is -2.15. The third kappa shape index (κ3) is 3.83. The molecular formula is C13H20O3. The Kier molecular flexibility index (Phi) is 5.29. The fraction of sp³-hybridized carbons (Fsp3) is 0.538. The van der Waals surface area contributed by atoms with Gasteiger partial charge in [-0.25, -0.2) is 0 Å². The molecule has 2 unspecified atom stereocenters. The van der Waals surface area contributed by atoms with Crippen LogP contribution in [0.5, 0.6) is 5.75 Å². The molecule has 0 aliphatic rings. The summed E-state index contributed by atoms with van der Waals surface area (Å²) in [6, 6.07) is 7.76. The van der Waals surface area contributed by atoms with Crippen LogP contribution in [0, 0.1) is 0 Å². The van der Waals surface area contributed by atoms with Gasteiger partial charge in [-0.15, -0.1) is 0 Å². The SMILES string of the molecule is CCC(O)C(O)CCc1cccc(OC)c1. The molecule has 0 amide bonds. The van der Waals surface area contributed by atoms with Crippen molar-refractivity contribution in [1.82, 2.24) is 0 Å². The minimum atomic E-state index is -0.642. The van der Waals surface area contributed by atoms with Crippen LogP contribution in [0.25, 0.3) is 0 Å². The number of methoxy groups -OCH3 is 1. The standard InChI is InChI=1S/C13H20O3/c1-3-12(14)13(15)8-7-10-5-4-6-11(9-10)16-2/h4-6,9,12-15H,3,7-8H2,1-2H3. The molecule has 0 fully saturated rings. The zero-order valence-electron chi connectivity index (χ0n) is 9.89. The molecule has 16 heavy (non-hydrogen) atoms. The molecule has 0 aromatic heterocycles. The van der Waals surface area contributed by atoms with Crippen LogP contribution in [0.1, 0.15) is 25.3 Å². The Bertz CT molecular complexity index is 312. The molecule has 2 atom stereocenters. The molecule has 90 valence electrons. The van der Waals surface area contributed by atoms with Gasteiger partial charge < -0.3 is 14.9 Å². The van der Waals surface area contributed by atoms with Crippen molar-refractivity contribution < 1.29 is 14.9 Å². The summed E-state index contributed by atoms with van der Waals surface area (Å²) in [6.45, 7) is 1.86. The maximum atomic E-state index is 9.62. The third-order valence-electron chi connectivity index (χ3n) is 2.73. The van der Waals surface area contributed by atoms with Crippen LogP contribution in [-0.4, -0.2) is 29.5 Å². The lowest BCUT2D eigenvalue weighted by atomic mass is 10.0. The van der Waals surface area contributed by atoms with Crippen molar-refractivity contribution in [3.8, 4) is 5.75 Å². The Balaban J connectivity index is 2.47. The smallest absolute Gasteiger partial charge is 0.119 e. The summed E-state index contributed by atoms with van der Waals surface area (Å²) in [4.78, 5) is 0. The highest BCUT2D eigenvalue weighted by molar-refractivity contribution is 5.28. The Morgan fingerprint density at radius 1 is 1.25 bits per heavy atom. The van der Waals surface area contributed by atoms with E-state index < -0.39 is 12.2 Å². The number of aliphatic hydroxyl groups is 2. The summed E-state index contributed by atoms with van der Waals surface area (Å²) < 4.78 is 5.12. The highest BCUT2D eigenvalue weighted by Gasteiger charge is 2.13. The van der Waals surface area contributed by atoms with Gasteiger partial charge in [0, 0.05) is 0 Å². The van der Waals surface area contributed by atoms with E-state index in [1.165, 1.54) is 0 Å². The van der Waals surface area contributed by atoms with Gasteiger partial charge in [0.25, 0.3) is 0 Å². The predicted molar refractivity (Wildman–Crippen MR) is 63.6 cm³/mol. The van der Waals surface area contributed by atoms with Crippen LogP contribution in [0.3, 0.4) is 0 Å². The van der Waals surface area contributed by atoms with Gasteiger partial charge >= 0.3 is 0 Å². The number of rotatable bonds is 6. The summed E-state index contributed by atoms with van der Waals surface area (Å²) in [6.07, 6.45) is 0.637. The predicted octanol–water partition coefficient (Wildman–Crippen LogP) is 1.76. The molecule has 0 saturated carbocycles. The van der Waals surface area contributed by atoms with Gasteiger partial charge in [-0.3, -0.25) is 0 Å². The fourth-order valence-electron chi connectivity index (χ4n) is 1.61. The summed E-state index contributed by atoms with van der Waals surface area (Å²) >= 11 is 0. The van der Waals surface area contributed by atoms with Gasteiger partial charge in [-0.1, -0.05) is 19.1 Å². The lowest BCUT2D eigenvalue weighted by Crippen LogP contribution is -2.25. The Hall–Kier alpha value is -1.06. The van der Waals surface area contributed by atoms with E-state index in [1.54, 1.807) is 7.11 Å². The second-order valence-corrected chi connectivity index (χ2v) is 3.93. The monoisotopic (exact) mass is 224 g/mol. The number of aryl methyl sites for hydroxylation is 1. The Morgan fingerprint density at radius 3 is 2.62 bits per heavy atom. The van der Waals surface area contributed by atoms with Crippen molar-refractivity contribution in [1.29, 1.82) is 0 Å². The molecular weight excluding hydrogens is 204 g/mol. The average Bonchev–Trinajstić information content (AvgIpc) is 2.35. The summed E-state index contributed by atoms with van der Waals surface area (Å²) in [7, 11) is 1.63. The maximum absolute atomic E-state index is 9.62. The first-order valence-electron chi connectivity index (χ1n) is 5.66. The number of aliphatic hydroxyl groups excluding tert-OH is 2. The van der Waals surface area contributed by atoms with Crippen LogP contribution in [0.4, 0.5) is 0 Å². The second-order valence-electron chi connectivity index (χ2n) is 3.93. The highest BCUT2D eigenvalue weighted by atomic mass is 16.5. The van der Waals surface area contributed by atoms with E-state index in [-0.39, 0.29) is 0 Å². The lowest BCUT2D eigenvalue weighted by molar-refractivity contribution is 0.0130. The first kappa shape index (κ1) is 13.0. The van der Waals surface area contributed by atoms with E-state index in [4.69, 9.17) is 4.74 Å². The van der Waals surface area contributed by atoms with E-state index in [0.29, 0.717) is 12.8 Å². The fourth-order valence-corrected chi connectivity index (χ4v) is 1.61. The van der Waals surface area contributed by atoms with Crippen molar-refractivity contribution in [2.75, 3.05) is 7.11 Å². The molecule has 0 aliphatic heterocycles. The van der Waals surface area contributed by atoms with E-state index >= 15 is 0 Å². The van der Waals surface area contributed by atoms with E-state index in [2.05, 4.69) is 0 Å². The Morgan fingerprint density at radius 2 is 2.00 bits per heavy atom. The quantitative estimate of drug-likeness (QED) is 0.774. The number of hydrogen-bond donors (Lipinski definition) is 2. The number of benzene rings is 1. The van der Waals surface area contributed by atoms with Crippen molar-refractivity contribution >= 4 is 0 Å². The molecule has 1 aromatic carbocycles. The van der Waals surface area contributed by atoms with Crippen LogP contribution in [0.2, 0.25) is 0 Å². The van der Waals surface area contributed by atoms with Crippen molar-refractivity contribution in [3.63, 3.8) is 0 Å². The van der Waals surface area contributed by atoms with Crippen molar-refractivity contribution in [3.05, 3.63) is 29.8 Å². The molecule has 3 heteroatoms. The second kappa shape index (κ2) is 6.51. The van der Waals surface area contributed by atoms with Crippen LogP contribution >= 0.6 is 0 Å². The largest absolute Gasteiger partial charge is 0.497 e. The van der Waals surface area contributed by atoms with Crippen LogP contribution in [0.15, 0.2) is 24.3 Å². The molecule has 0 radical (unpaired) electrons. The molecule has 0 bridgehead atoms. The first-order chi connectivity index (χ1) is 7.67. The first-order valence-corrected chi connectivity index (χ1v) is 5.66.